The predicted molar refractivity (Wildman–Crippen MR) is 37.8 cm³/mol. The molecule has 0 bridgehead atoms. The van der Waals surface area contributed by atoms with Crippen molar-refractivity contribution in [3.05, 3.63) is 0 Å². The number of carbonyl (C=O) groups excluding carboxylic acids is 1. The summed E-state index contributed by atoms with van der Waals surface area (Å²) < 4.78 is 4.86. The van der Waals surface area contributed by atoms with Crippen LogP contribution >= 0.6 is 0 Å². The van der Waals surface area contributed by atoms with Crippen LogP contribution in [0.25, 0.3) is 0 Å². The number of unbranched alkanes of at least 4 members (excludes halogenated alkanes) is 1. The molecule has 0 aliphatic rings. The quantitative estimate of drug-likeness (QED) is 0.496. The molecule has 0 N–H and O–H groups in total. The van der Waals surface area contributed by atoms with Crippen molar-refractivity contribution in [1.29, 1.82) is 0 Å². The van der Waals surface area contributed by atoms with Crippen LogP contribution in [0.15, 0.2) is 0 Å². The van der Waals surface area contributed by atoms with Crippen molar-refractivity contribution in [2.45, 2.75) is 19.8 Å². The predicted octanol–water partition coefficient (Wildman–Crippen LogP) is 0.711. The van der Waals surface area contributed by atoms with Gasteiger partial charge in [-0.15, -0.1) is 0 Å². The van der Waals surface area contributed by atoms with E-state index in [1.807, 2.05) is 0 Å². The van der Waals surface area contributed by atoms with Gasteiger partial charge in [-0.2, -0.15) is 0 Å². The Hall–Kier alpha value is 0.989. The van der Waals surface area contributed by atoms with Crippen molar-refractivity contribution in [2.75, 3.05) is 6.61 Å². The Bertz CT molecular complexity index is 87.0. The first-order valence-electron chi connectivity index (χ1n) is 3.02. The van der Waals surface area contributed by atoms with Crippen LogP contribution in [-0.2, 0) is 4.74 Å². The molecule has 48 valence electrons. The van der Waals surface area contributed by atoms with Gasteiger partial charge in [0, 0.05) is 0 Å². The van der Waals surface area contributed by atoms with Crippen LogP contribution in [0.4, 0.5) is 4.79 Å². The second kappa shape index (κ2) is 7.10. The second-order valence-electron chi connectivity index (χ2n) is 1.66. The molecule has 0 aromatic rings. The molecular weight excluding hydrogens is 194 g/mol. The average Bonchev–Trinajstić information content (AvgIpc) is 1.89. The summed E-state index contributed by atoms with van der Waals surface area (Å²) >= 11 is 0.979. The van der Waals surface area contributed by atoms with Gasteiger partial charge in [0.05, 0.1) is 0 Å². The molecule has 0 spiro atoms. The Kier molecular flexibility index (Phi) is 7.88. The zero-order valence-electron chi connectivity index (χ0n) is 5.85. The molecule has 0 aromatic carbocycles. The molecule has 0 heterocycles. The van der Waals surface area contributed by atoms with Gasteiger partial charge in [-0.1, -0.05) is 0 Å². The zero-order chi connectivity index (χ0) is 7.11. The van der Waals surface area contributed by atoms with Gasteiger partial charge in [-0.05, 0) is 0 Å². The molecule has 0 radical (unpaired) electrons. The SMILES string of the molecule is CCCCOC(=O)[Se][Na]. The molecule has 0 aliphatic heterocycles. The number of carbonyl (C=O) groups is 1. The molecule has 0 fully saturated rings. The topological polar surface area (TPSA) is 26.3 Å². The first-order chi connectivity index (χ1) is 4.31. The molecule has 0 aliphatic carbocycles. The first kappa shape index (κ1) is 9.99. The summed E-state index contributed by atoms with van der Waals surface area (Å²) in [6.45, 7) is 2.71. The van der Waals surface area contributed by atoms with Crippen molar-refractivity contribution in [3.8, 4) is 0 Å². The van der Waals surface area contributed by atoms with Crippen LogP contribution in [0.5, 0.6) is 0 Å². The Labute approximate surface area is 76.1 Å². The van der Waals surface area contributed by atoms with E-state index in [9.17, 15) is 4.79 Å². The van der Waals surface area contributed by atoms with Gasteiger partial charge in [0.1, 0.15) is 0 Å². The van der Waals surface area contributed by atoms with Crippen molar-refractivity contribution in [2.24, 2.45) is 0 Å². The zero-order valence-corrected chi connectivity index (χ0v) is 9.56. The van der Waals surface area contributed by atoms with E-state index in [0.717, 1.165) is 38.2 Å². The van der Waals surface area contributed by atoms with Crippen LogP contribution in [0.2, 0.25) is 0 Å². The summed E-state index contributed by atoms with van der Waals surface area (Å²) in [7, 11) is 0.160. The Morgan fingerprint density at radius 1 is 1.78 bits per heavy atom. The average molecular weight is 203 g/mol. The molecule has 9 heavy (non-hydrogen) atoms. The monoisotopic (exact) mass is 204 g/mol. The third-order valence-corrected chi connectivity index (χ3v) is 3.56. The van der Waals surface area contributed by atoms with E-state index in [-0.39, 0.29) is 15.4 Å². The van der Waals surface area contributed by atoms with E-state index >= 15 is 0 Å². The maximum absolute atomic E-state index is 10.5. The van der Waals surface area contributed by atoms with Gasteiger partial charge in [0.15, 0.2) is 0 Å². The molecule has 0 saturated carbocycles. The third kappa shape index (κ3) is 6.88. The molecule has 0 amide bonds. The Morgan fingerprint density at radius 3 is 2.89 bits per heavy atom. The second-order valence-corrected chi connectivity index (χ2v) is 5.33. The van der Waals surface area contributed by atoms with E-state index in [4.69, 9.17) is 4.74 Å². The third-order valence-electron chi connectivity index (χ3n) is 0.884. The minimum absolute atomic E-state index is 0.0302. The van der Waals surface area contributed by atoms with Crippen LogP contribution in [-0.4, -0.2) is 47.4 Å². The summed E-state index contributed by atoms with van der Waals surface area (Å²) in [4.78, 5) is 10.6. The van der Waals surface area contributed by atoms with Crippen LogP contribution < -0.4 is 0 Å². The van der Waals surface area contributed by atoms with E-state index < -0.39 is 0 Å². The van der Waals surface area contributed by atoms with Crippen molar-refractivity contribution < 1.29 is 9.53 Å². The van der Waals surface area contributed by atoms with Crippen molar-refractivity contribution >= 4 is 40.8 Å². The van der Waals surface area contributed by atoms with E-state index in [0.29, 0.717) is 6.61 Å². The summed E-state index contributed by atoms with van der Waals surface area (Å²) in [5, 5.41) is 0. The van der Waals surface area contributed by atoms with Gasteiger partial charge >= 0.3 is 76.7 Å². The minimum atomic E-state index is 0.0302. The van der Waals surface area contributed by atoms with Crippen LogP contribution in [0.3, 0.4) is 0 Å². The molecule has 2 nitrogen and oxygen atoms in total. The molecule has 0 saturated heterocycles. The summed E-state index contributed by atoms with van der Waals surface area (Å²) in [6.07, 6.45) is 2.10. The summed E-state index contributed by atoms with van der Waals surface area (Å²) in [5.74, 6) is 0. The van der Waals surface area contributed by atoms with Gasteiger partial charge in [-0.25, -0.2) is 0 Å². The molecule has 0 aromatic heterocycles. The number of ether oxygens (including phenoxy) is 1. The van der Waals surface area contributed by atoms with Gasteiger partial charge in [0.2, 0.25) is 0 Å². The molecule has 0 unspecified atom stereocenters. The fraction of sp³-hybridized carbons (Fsp3) is 0.800. The standard InChI is InChI=1S/C5H10O2Se.Na/c1-2-3-4-7-5(6)8;/h2-4H2,1H3,(H,6,8);/q;+1/p-1. The number of rotatable bonds is 4. The number of hydrogen-bond acceptors (Lipinski definition) is 2. The van der Waals surface area contributed by atoms with E-state index in [2.05, 4.69) is 6.92 Å². The van der Waals surface area contributed by atoms with Crippen LogP contribution in [0, 0.1) is 0 Å². The summed E-state index contributed by atoms with van der Waals surface area (Å²) in [5.41, 5.74) is 0. The Balaban J connectivity index is 2.97. The fourth-order valence-electron chi connectivity index (χ4n) is 0.359. The first-order valence-corrected chi connectivity index (χ1v) is 9.83. The van der Waals surface area contributed by atoms with E-state index in [1.54, 1.807) is 0 Å². The van der Waals surface area contributed by atoms with Gasteiger partial charge < -0.3 is 0 Å². The summed E-state index contributed by atoms with van der Waals surface area (Å²) in [6, 6.07) is 0. The molecule has 0 atom stereocenters. The van der Waals surface area contributed by atoms with Crippen molar-refractivity contribution in [1.82, 2.24) is 0 Å². The maximum atomic E-state index is 10.5. The normalized spacial score (nSPS) is 9.22. The Morgan fingerprint density at radius 2 is 2.44 bits per heavy atom. The number of hydrogen-bond donors (Lipinski definition) is 0. The molecular formula is C5H9NaO2Se. The van der Waals surface area contributed by atoms with Gasteiger partial charge in [0.25, 0.3) is 0 Å². The van der Waals surface area contributed by atoms with E-state index in [1.165, 1.54) is 0 Å². The van der Waals surface area contributed by atoms with Gasteiger partial charge in [-0.3, -0.25) is 0 Å². The fourth-order valence-corrected chi connectivity index (χ4v) is 1.39. The molecule has 0 rings (SSSR count). The molecule has 4 heteroatoms. The van der Waals surface area contributed by atoms with Crippen molar-refractivity contribution in [3.63, 3.8) is 0 Å². The van der Waals surface area contributed by atoms with Crippen LogP contribution in [0.1, 0.15) is 19.8 Å².